The number of thiophene rings is 1. The van der Waals surface area contributed by atoms with Crippen molar-refractivity contribution < 1.29 is 17.7 Å². The first-order valence-electron chi connectivity index (χ1n) is 9.02. The van der Waals surface area contributed by atoms with E-state index in [1.165, 1.54) is 22.7 Å². The van der Waals surface area contributed by atoms with Crippen molar-refractivity contribution in [3.63, 3.8) is 0 Å². The molecule has 2 heterocycles. The molecule has 4 rings (SSSR count). The van der Waals surface area contributed by atoms with Crippen molar-refractivity contribution in [3.8, 4) is 27.9 Å². The van der Waals surface area contributed by atoms with Gasteiger partial charge in [-0.1, -0.05) is 28.9 Å². The SMILES string of the molecule is COc1ccc(N(C)S(=O)(=O)c2ccsc2-c2nc(-c3cccc(C)c3)no2)cc1. The fourth-order valence-corrected chi connectivity index (χ4v) is 5.46. The molecule has 154 valence electrons. The van der Waals surface area contributed by atoms with E-state index in [-0.39, 0.29) is 10.8 Å². The van der Waals surface area contributed by atoms with Crippen molar-refractivity contribution in [2.24, 2.45) is 0 Å². The number of hydrogen-bond acceptors (Lipinski definition) is 7. The molecule has 0 aliphatic rings. The number of anilines is 1. The summed E-state index contributed by atoms with van der Waals surface area (Å²) in [5.74, 6) is 1.23. The topological polar surface area (TPSA) is 85.5 Å². The molecular weight excluding hydrogens is 422 g/mol. The van der Waals surface area contributed by atoms with E-state index in [1.807, 2.05) is 31.2 Å². The summed E-state index contributed by atoms with van der Waals surface area (Å²) in [5, 5.41) is 5.72. The zero-order chi connectivity index (χ0) is 21.3. The second kappa shape index (κ2) is 7.92. The first-order chi connectivity index (χ1) is 14.4. The zero-order valence-electron chi connectivity index (χ0n) is 16.6. The Kier molecular flexibility index (Phi) is 5.31. The van der Waals surface area contributed by atoms with Crippen molar-refractivity contribution >= 4 is 27.0 Å². The minimum Gasteiger partial charge on any atom is -0.497 e. The van der Waals surface area contributed by atoms with E-state index >= 15 is 0 Å². The summed E-state index contributed by atoms with van der Waals surface area (Å²) < 4.78 is 38.3. The molecule has 0 radical (unpaired) electrons. The van der Waals surface area contributed by atoms with Crippen LogP contribution < -0.4 is 9.04 Å². The standard InChI is InChI=1S/C21H19N3O4S2/c1-14-5-4-6-15(13-14)20-22-21(28-23-20)19-18(11-12-29-19)30(25,26)24(2)16-7-9-17(27-3)10-8-16/h4-13H,1-3H3. The largest absolute Gasteiger partial charge is 0.497 e. The molecule has 0 unspecified atom stereocenters. The Hall–Kier alpha value is -3.17. The number of benzene rings is 2. The summed E-state index contributed by atoms with van der Waals surface area (Å²) in [6.45, 7) is 1.98. The van der Waals surface area contributed by atoms with Crippen molar-refractivity contribution in [1.29, 1.82) is 0 Å². The first kappa shape index (κ1) is 20.1. The lowest BCUT2D eigenvalue weighted by molar-refractivity contribution is 0.415. The number of aromatic nitrogens is 2. The van der Waals surface area contributed by atoms with E-state index < -0.39 is 10.0 Å². The molecule has 2 aromatic carbocycles. The maximum atomic E-state index is 13.3. The van der Waals surface area contributed by atoms with Gasteiger partial charge in [-0.05, 0) is 48.7 Å². The van der Waals surface area contributed by atoms with Gasteiger partial charge in [0.1, 0.15) is 15.5 Å². The van der Waals surface area contributed by atoms with Crippen molar-refractivity contribution in [2.75, 3.05) is 18.5 Å². The molecule has 0 saturated carbocycles. The van der Waals surface area contributed by atoms with Gasteiger partial charge in [-0.2, -0.15) is 4.98 Å². The summed E-state index contributed by atoms with van der Waals surface area (Å²) in [6.07, 6.45) is 0. The maximum Gasteiger partial charge on any atom is 0.269 e. The van der Waals surface area contributed by atoms with Gasteiger partial charge in [0.25, 0.3) is 15.9 Å². The number of methoxy groups -OCH3 is 1. The van der Waals surface area contributed by atoms with E-state index in [0.717, 1.165) is 11.1 Å². The van der Waals surface area contributed by atoms with Crippen LogP contribution in [-0.2, 0) is 10.0 Å². The van der Waals surface area contributed by atoms with E-state index in [4.69, 9.17) is 9.26 Å². The number of hydrogen-bond donors (Lipinski definition) is 0. The smallest absolute Gasteiger partial charge is 0.269 e. The third kappa shape index (κ3) is 3.69. The highest BCUT2D eigenvalue weighted by Crippen LogP contribution is 2.35. The van der Waals surface area contributed by atoms with Crippen molar-refractivity contribution in [1.82, 2.24) is 10.1 Å². The highest BCUT2D eigenvalue weighted by molar-refractivity contribution is 7.93. The zero-order valence-corrected chi connectivity index (χ0v) is 18.2. The fraction of sp³-hybridized carbons (Fsp3) is 0.143. The Bertz CT molecular complexity index is 1280. The summed E-state index contributed by atoms with van der Waals surface area (Å²) in [6, 6.07) is 16.0. The molecule has 0 aliphatic carbocycles. The van der Waals surface area contributed by atoms with Crippen molar-refractivity contribution in [2.45, 2.75) is 11.8 Å². The van der Waals surface area contributed by atoms with Gasteiger partial charge in [-0.25, -0.2) is 8.42 Å². The molecular formula is C21H19N3O4S2. The number of sulfonamides is 1. The van der Waals surface area contributed by atoms with Crippen LogP contribution in [0.1, 0.15) is 5.56 Å². The molecule has 2 aromatic heterocycles. The minimum atomic E-state index is -3.83. The molecule has 9 heteroatoms. The van der Waals surface area contributed by atoms with E-state index in [0.29, 0.717) is 22.1 Å². The summed E-state index contributed by atoms with van der Waals surface area (Å²) in [5.41, 5.74) is 2.39. The Labute approximate surface area is 178 Å². The number of nitrogens with zero attached hydrogens (tertiary/aromatic N) is 3. The Morgan fingerprint density at radius 3 is 2.57 bits per heavy atom. The first-order valence-corrected chi connectivity index (χ1v) is 11.3. The summed E-state index contributed by atoms with van der Waals surface area (Å²) >= 11 is 1.24. The average Bonchev–Trinajstić information content (AvgIpc) is 3.43. The van der Waals surface area contributed by atoms with Crippen LogP contribution in [0.3, 0.4) is 0 Å². The summed E-state index contributed by atoms with van der Waals surface area (Å²) in [4.78, 5) is 4.95. The fourth-order valence-electron chi connectivity index (χ4n) is 2.95. The lowest BCUT2D eigenvalue weighted by Crippen LogP contribution is -2.26. The maximum absolute atomic E-state index is 13.3. The lowest BCUT2D eigenvalue weighted by atomic mass is 10.1. The van der Waals surface area contributed by atoms with Gasteiger partial charge >= 0.3 is 0 Å². The normalized spacial score (nSPS) is 11.4. The number of aryl methyl sites for hydroxylation is 1. The van der Waals surface area contributed by atoms with Crippen LogP contribution in [0, 0.1) is 6.92 Å². The van der Waals surface area contributed by atoms with Gasteiger partial charge in [-0.15, -0.1) is 11.3 Å². The Morgan fingerprint density at radius 1 is 1.10 bits per heavy atom. The van der Waals surface area contributed by atoms with E-state index in [2.05, 4.69) is 10.1 Å². The second-order valence-corrected chi connectivity index (χ2v) is 9.43. The van der Waals surface area contributed by atoms with Crippen LogP contribution in [0.25, 0.3) is 22.2 Å². The molecule has 0 aliphatic heterocycles. The molecule has 0 bridgehead atoms. The molecule has 30 heavy (non-hydrogen) atoms. The average molecular weight is 442 g/mol. The second-order valence-electron chi connectivity index (χ2n) is 6.58. The third-order valence-corrected chi connectivity index (χ3v) is 7.46. The molecule has 0 saturated heterocycles. The quantitative estimate of drug-likeness (QED) is 0.434. The molecule has 7 nitrogen and oxygen atoms in total. The van der Waals surface area contributed by atoms with Gasteiger partial charge in [0, 0.05) is 12.6 Å². The predicted octanol–water partition coefficient (Wildman–Crippen LogP) is 4.61. The van der Waals surface area contributed by atoms with E-state index in [9.17, 15) is 8.42 Å². The van der Waals surface area contributed by atoms with E-state index in [1.54, 1.807) is 42.8 Å². The van der Waals surface area contributed by atoms with Crippen LogP contribution in [-0.4, -0.2) is 32.7 Å². The molecule has 0 fully saturated rings. The highest BCUT2D eigenvalue weighted by atomic mass is 32.2. The highest BCUT2D eigenvalue weighted by Gasteiger charge is 2.28. The van der Waals surface area contributed by atoms with Crippen LogP contribution in [0.2, 0.25) is 0 Å². The molecule has 0 atom stereocenters. The summed E-state index contributed by atoms with van der Waals surface area (Å²) in [7, 11) is -0.771. The Morgan fingerprint density at radius 2 is 1.87 bits per heavy atom. The number of ether oxygens (including phenoxy) is 1. The lowest BCUT2D eigenvalue weighted by Gasteiger charge is -2.19. The predicted molar refractivity (Wildman–Crippen MR) is 116 cm³/mol. The van der Waals surface area contributed by atoms with Crippen LogP contribution in [0.4, 0.5) is 5.69 Å². The van der Waals surface area contributed by atoms with Gasteiger partial charge in [-0.3, -0.25) is 4.31 Å². The molecule has 4 aromatic rings. The minimum absolute atomic E-state index is 0.116. The molecule has 0 amide bonds. The van der Waals surface area contributed by atoms with Crippen LogP contribution in [0.15, 0.2) is 69.4 Å². The van der Waals surface area contributed by atoms with Crippen LogP contribution >= 0.6 is 11.3 Å². The molecule has 0 N–H and O–H groups in total. The third-order valence-electron chi connectivity index (χ3n) is 4.60. The Balaban J connectivity index is 1.69. The van der Waals surface area contributed by atoms with Gasteiger partial charge in [0.05, 0.1) is 12.8 Å². The van der Waals surface area contributed by atoms with Gasteiger partial charge in [0.2, 0.25) is 5.82 Å². The number of rotatable bonds is 6. The monoisotopic (exact) mass is 441 g/mol. The van der Waals surface area contributed by atoms with Crippen molar-refractivity contribution in [3.05, 3.63) is 65.5 Å². The van der Waals surface area contributed by atoms with Gasteiger partial charge < -0.3 is 9.26 Å². The van der Waals surface area contributed by atoms with Crippen LogP contribution in [0.5, 0.6) is 5.75 Å². The van der Waals surface area contributed by atoms with Gasteiger partial charge in [0.15, 0.2) is 0 Å². The molecule has 0 spiro atoms.